The molecule has 0 bridgehead atoms. The number of hydrogen-bond acceptors (Lipinski definition) is 5. The van der Waals surface area contributed by atoms with Crippen molar-refractivity contribution in [2.75, 3.05) is 36.9 Å². The van der Waals surface area contributed by atoms with Crippen molar-refractivity contribution in [3.05, 3.63) is 18.2 Å². The van der Waals surface area contributed by atoms with Crippen molar-refractivity contribution in [3.63, 3.8) is 0 Å². The average Bonchev–Trinajstić information content (AvgIpc) is 2.37. The van der Waals surface area contributed by atoms with Gasteiger partial charge in [-0.15, -0.1) is 0 Å². The third-order valence-electron chi connectivity index (χ3n) is 3.29. The Morgan fingerprint density at radius 2 is 1.90 bits per heavy atom. The Balaban J connectivity index is 2.88. The van der Waals surface area contributed by atoms with Gasteiger partial charge in [-0.2, -0.15) is 0 Å². The molecule has 0 aromatic heterocycles. The highest BCUT2D eigenvalue weighted by Crippen LogP contribution is 2.27. The maximum absolute atomic E-state index is 11.6. The lowest BCUT2D eigenvalue weighted by atomic mass is 10.2. The van der Waals surface area contributed by atoms with Crippen LogP contribution in [0, 0.1) is 0 Å². The van der Waals surface area contributed by atoms with Crippen LogP contribution in [0.25, 0.3) is 0 Å². The zero-order valence-corrected chi connectivity index (χ0v) is 13.5. The van der Waals surface area contributed by atoms with E-state index in [9.17, 15) is 8.42 Å². The van der Waals surface area contributed by atoms with Crippen molar-refractivity contribution in [3.8, 4) is 0 Å². The Bertz CT molecular complexity index is 539. The zero-order chi connectivity index (χ0) is 15.3. The quantitative estimate of drug-likeness (QED) is 0.751. The van der Waals surface area contributed by atoms with E-state index in [2.05, 4.69) is 31.0 Å². The molecule has 0 radical (unpaired) electrons. The SMILES string of the molecule is CCN(CC)CC(C)Nc1cccc(S(C)(=O)=O)c1N. The number of para-hydroxylation sites is 1. The van der Waals surface area contributed by atoms with E-state index in [0.717, 1.165) is 19.6 Å². The first kappa shape index (κ1) is 16.8. The fourth-order valence-corrected chi connectivity index (χ4v) is 3.01. The molecule has 5 nitrogen and oxygen atoms in total. The normalized spacial score (nSPS) is 13.4. The van der Waals surface area contributed by atoms with Crippen LogP contribution in [0.5, 0.6) is 0 Å². The highest BCUT2D eigenvalue weighted by molar-refractivity contribution is 7.90. The summed E-state index contributed by atoms with van der Waals surface area (Å²) >= 11 is 0. The molecule has 0 aliphatic rings. The number of likely N-dealkylation sites (N-methyl/N-ethyl adjacent to an activating group) is 1. The Morgan fingerprint density at radius 1 is 1.30 bits per heavy atom. The van der Waals surface area contributed by atoms with Crippen LogP contribution >= 0.6 is 0 Å². The topological polar surface area (TPSA) is 75.4 Å². The smallest absolute Gasteiger partial charge is 0.177 e. The molecule has 114 valence electrons. The summed E-state index contributed by atoms with van der Waals surface area (Å²) in [4.78, 5) is 2.48. The average molecular weight is 299 g/mol. The van der Waals surface area contributed by atoms with Crippen molar-refractivity contribution < 1.29 is 8.42 Å². The largest absolute Gasteiger partial charge is 0.396 e. The van der Waals surface area contributed by atoms with E-state index < -0.39 is 9.84 Å². The first-order valence-corrected chi connectivity index (χ1v) is 8.76. The van der Waals surface area contributed by atoms with Gasteiger partial charge in [0.25, 0.3) is 0 Å². The van der Waals surface area contributed by atoms with E-state index in [1.54, 1.807) is 6.07 Å². The van der Waals surface area contributed by atoms with Crippen molar-refractivity contribution in [2.45, 2.75) is 31.7 Å². The fraction of sp³-hybridized carbons (Fsp3) is 0.571. The summed E-state index contributed by atoms with van der Waals surface area (Å²) in [5, 5.41) is 3.29. The summed E-state index contributed by atoms with van der Waals surface area (Å²) in [6, 6.07) is 5.24. The van der Waals surface area contributed by atoms with Gasteiger partial charge < -0.3 is 16.0 Å². The number of nitrogens with one attached hydrogen (secondary N) is 1. The highest BCUT2D eigenvalue weighted by atomic mass is 32.2. The van der Waals surface area contributed by atoms with Gasteiger partial charge in [-0.05, 0) is 32.1 Å². The molecule has 0 saturated carbocycles. The van der Waals surface area contributed by atoms with Crippen LogP contribution in [0.1, 0.15) is 20.8 Å². The number of sulfone groups is 1. The van der Waals surface area contributed by atoms with Crippen LogP contribution in [0.3, 0.4) is 0 Å². The Morgan fingerprint density at radius 3 is 2.40 bits per heavy atom. The molecular formula is C14H25N3O2S. The highest BCUT2D eigenvalue weighted by Gasteiger charge is 2.15. The fourth-order valence-electron chi connectivity index (χ4n) is 2.17. The Labute approximate surface area is 122 Å². The van der Waals surface area contributed by atoms with Crippen LogP contribution in [0.15, 0.2) is 23.1 Å². The van der Waals surface area contributed by atoms with Crippen LogP contribution in [0.2, 0.25) is 0 Å². The van der Waals surface area contributed by atoms with Gasteiger partial charge in [0, 0.05) is 18.8 Å². The van der Waals surface area contributed by atoms with Gasteiger partial charge >= 0.3 is 0 Å². The molecule has 0 fully saturated rings. The predicted octanol–water partition coefficient (Wildman–Crippen LogP) is 1.81. The minimum atomic E-state index is -3.30. The summed E-state index contributed by atoms with van der Waals surface area (Å²) in [5.74, 6) is 0. The molecule has 1 rings (SSSR count). The number of nitrogens with zero attached hydrogens (tertiary/aromatic N) is 1. The maximum Gasteiger partial charge on any atom is 0.177 e. The van der Waals surface area contributed by atoms with Gasteiger partial charge in [-0.1, -0.05) is 19.9 Å². The molecule has 1 aromatic rings. The van der Waals surface area contributed by atoms with Gasteiger partial charge in [-0.3, -0.25) is 0 Å². The summed E-state index contributed by atoms with van der Waals surface area (Å²) in [6.45, 7) is 9.16. The van der Waals surface area contributed by atoms with E-state index in [-0.39, 0.29) is 10.9 Å². The van der Waals surface area contributed by atoms with Crippen LogP contribution in [-0.2, 0) is 9.84 Å². The molecule has 0 aliphatic carbocycles. The molecule has 0 spiro atoms. The molecule has 1 unspecified atom stereocenters. The molecule has 0 aliphatic heterocycles. The molecule has 0 amide bonds. The summed E-state index contributed by atoms with van der Waals surface area (Å²) in [6.07, 6.45) is 1.17. The van der Waals surface area contributed by atoms with E-state index in [1.807, 2.05) is 6.07 Å². The van der Waals surface area contributed by atoms with Gasteiger partial charge in [0.15, 0.2) is 9.84 Å². The lowest BCUT2D eigenvalue weighted by Crippen LogP contribution is -2.34. The summed E-state index contributed by atoms with van der Waals surface area (Å²) < 4.78 is 23.3. The monoisotopic (exact) mass is 299 g/mol. The first-order chi connectivity index (χ1) is 9.29. The molecule has 6 heteroatoms. The van der Waals surface area contributed by atoms with Gasteiger partial charge in [0.05, 0.1) is 16.3 Å². The third-order valence-corrected chi connectivity index (χ3v) is 4.45. The molecule has 1 atom stereocenters. The molecule has 0 heterocycles. The van der Waals surface area contributed by atoms with Crippen LogP contribution in [0.4, 0.5) is 11.4 Å². The predicted molar refractivity (Wildman–Crippen MR) is 84.8 cm³/mol. The van der Waals surface area contributed by atoms with Crippen molar-refractivity contribution in [1.29, 1.82) is 0 Å². The maximum atomic E-state index is 11.6. The lowest BCUT2D eigenvalue weighted by molar-refractivity contribution is 0.295. The summed E-state index contributed by atoms with van der Waals surface area (Å²) in [7, 11) is -3.30. The second kappa shape index (κ2) is 6.95. The van der Waals surface area contributed by atoms with Gasteiger partial charge in [0.1, 0.15) is 0 Å². The molecular weight excluding hydrogens is 274 g/mol. The molecule has 1 aromatic carbocycles. The van der Waals surface area contributed by atoms with E-state index >= 15 is 0 Å². The number of hydrogen-bond donors (Lipinski definition) is 2. The lowest BCUT2D eigenvalue weighted by Gasteiger charge is -2.25. The third kappa shape index (κ3) is 4.38. The van der Waals surface area contributed by atoms with Crippen LogP contribution < -0.4 is 11.1 Å². The second-order valence-electron chi connectivity index (χ2n) is 5.02. The van der Waals surface area contributed by atoms with Gasteiger partial charge in [0.2, 0.25) is 0 Å². The molecule has 20 heavy (non-hydrogen) atoms. The number of nitrogens with two attached hydrogens (primary N) is 1. The van der Waals surface area contributed by atoms with E-state index in [0.29, 0.717) is 11.4 Å². The molecule has 0 saturated heterocycles. The van der Waals surface area contributed by atoms with Crippen LogP contribution in [-0.4, -0.2) is 45.2 Å². The van der Waals surface area contributed by atoms with Gasteiger partial charge in [-0.25, -0.2) is 8.42 Å². The second-order valence-corrected chi connectivity index (χ2v) is 7.00. The minimum Gasteiger partial charge on any atom is -0.396 e. The van der Waals surface area contributed by atoms with Crippen molar-refractivity contribution in [2.24, 2.45) is 0 Å². The first-order valence-electron chi connectivity index (χ1n) is 6.87. The number of nitrogen functional groups attached to an aromatic ring is 1. The van der Waals surface area contributed by atoms with Crippen molar-refractivity contribution in [1.82, 2.24) is 4.90 Å². The number of benzene rings is 1. The minimum absolute atomic E-state index is 0.178. The van der Waals surface area contributed by atoms with E-state index in [4.69, 9.17) is 5.73 Å². The Kier molecular flexibility index (Phi) is 5.83. The Hall–Kier alpha value is -1.27. The van der Waals surface area contributed by atoms with Crippen molar-refractivity contribution >= 4 is 21.2 Å². The van der Waals surface area contributed by atoms with E-state index in [1.165, 1.54) is 12.3 Å². The summed E-state index contributed by atoms with van der Waals surface area (Å²) in [5.41, 5.74) is 6.92. The molecule has 3 N–H and O–H groups in total. The standard InChI is InChI=1S/C14H25N3O2S/c1-5-17(6-2)10-11(3)16-12-8-7-9-13(14(12)15)20(4,18)19/h7-9,11,16H,5-6,10,15H2,1-4H3. The number of anilines is 2. The zero-order valence-electron chi connectivity index (χ0n) is 12.7. The number of rotatable bonds is 7.